The molecule has 0 amide bonds. The normalized spacial score (nSPS) is 34.8. The lowest BCUT2D eigenvalue weighted by molar-refractivity contribution is -0.154. The first-order valence-corrected chi connectivity index (χ1v) is 13.3. The Balaban J connectivity index is 3.22. The number of cyclic esters (lactones) is 1. The van der Waals surface area contributed by atoms with Gasteiger partial charge in [0.1, 0.15) is 11.9 Å². The molecule has 2 N–H and O–H groups in total. The molecule has 0 aromatic heterocycles. The molecule has 0 saturated carbocycles. The van der Waals surface area contributed by atoms with Crippen molar-refractivity contribution in [2.45, 2.75) is 85.0 Å². The second kappa shape index (κ2) is 12.9. The molecule has 1 rings (SSSR count). The van der Waals surface area contributed by atoms with Gasteiger partial charge in [0, 0.05) is 16.8 Å². The molecule has 7 heteroatoms. The average molecular weight is 646 g/mol. The predicted molar refractivity (Wildman–Crippen MR) is 137 cm³/mol. The summed E-state index contributed by atoms with van der Waals surface area (Å²) in [4.78, 5) is 25.6. The molecule has 1 aliphatic heterocycles. The summed E-state index contributed by atoms with van der Waals surface area (Å²) in [5, 5.41) is 21.4. The zero-order valence-electron chi connectivity index (χ0n) is 18.7. The number of allylic oxidation sites excluding steroid dienone is 1. The van der Waals surface area contributed by atoms with Gasteiger partial charge >= 0.3 is 5.97 Å². The fourth-order valence-corrected chi connectivity index (χ4v) is 4.83. The number of carbonyl (C=O) groups excluding carboxylic acids is 2. The number of ketones is 1. The first-order chi connectivity index (χ1) is 13.9. The maximum Gasteiger partial charge on any atom is 0.309 e. The van der Waals surface area contributed by atoms with Crippen LogP contribution in [-0.2, 0) is 14.3 Å². The molecule has 0 aliphatic carbocycles. The summed E-state index contributed by atoms with van der Waals surface area (Å²) >= 11 is 4.48. The van der Waals surface area contributed by atoms with Gasteiger partial charge < -0.3 is 14.9 Å². The van der Waals surface area contributed by atoms with Crippen LogP contribution in [0.5, 0.6) is 0 Å². The van der Waals surface area contributed by atoms with Crippen LogP contribution in [0.15, 0.2) is 21.3 Å². The SMILES string of the molecule is C/C(=C\I)[C@@H]1C/C=C(\CI)CCC[C@H](C)[C@H](O)[C@@H](C)C(=O)C(C)(C)[C@@H](O)CC(=O)O1. The van der Waals surface area contributed by atoms with Gasteiger partial charge in [-0.3, -0.25) is 9.59 Å². The van der Waals surface area contributed by atoms with Crippen LogP contribution in [0.3, 0.4) is 0 Å². The van der Waals surface area contributed by atoms with Crippen LogP contribution in [0.1, 0.15) is 66.7 Å². The minimum Gasteiger partial charge on any atom is -0.457 e. The van der Waals surface area contributed by atoms with Crippen LogP contribution < -0.4 is 0 Å². The van der Waals surface area contributed by atoms with Gasteiger partial charge in [-0.1, -0.05) is 84.5 Å². The number of carbonyl (C=O) groups is 2. The highest BCUT2D eigenvalue weighted by atomic mass is 127. The Morgan fingerprint density at radius 1 is 1.30 bits per heavy atom. The third-order valence-corrected chi connectivity index (χ3v) is 8.20. The number of Topliss-reactive ketones (excluding diaryl/α,β-unsaturated/α-hetero) is 1. The van der Waals surface area contributed by atoms with Crippen molar-refractivity contribution in [2.24, 2.45) is 17.3 Å². The summed E-state index contributed by atoms with van der Waals surface area (Å²) in [6.07, 6.45) is 2.79. The van der Waals surface area contributed by atoms with E-state index in [2.05, 4.69) is 51.3 Å². The monoisotopic (exact) mass is 646 g/mol. The van der Waals surface area contributed by atoms with E-state index >= 15 is 0 Å². The van der Waals surface area contributed by atoms with E-state index in [-0.39, 0.29) is 24.2 Å². The number of aliphatic hydroxyl groups is 2. The highest BCUT2D eigenvalue weighted by molar-refractivity contribution is 14.1. The van der Waals surface area contributed by atoms with Gasteiger partial charge in [-0.2, -0.15) is 0 Å². The summed E-state index contributed by atoms with van der Waals surface area (Å²) in [5.74, 6) is -1.40. The van der Waals surface area contributed by atoms with E-state index in [9.17, 15) is 19.8 Å². The van der Waals surface area contributed by atoms with Gasteiger partial charge in [0.05, 0.1) is 24.0 Å². The van der Waals surface area contributed by atoms with E-state index in [1.54, 1.807) is 20.8 Å². The average Bonchev–Trinajstić information content (AvgIpc) is 2.71. The Labute approximate surface area is 208 Å². The lowest BCUT2D eigenvalue weighted by Crippen LogP contribution is -2.45. The van der Waals surface area contributed by atoms with Gasteiger partial charge in [-0.25, -0.2) is 0 Å². The van der Waals surface area contributed by atoms with Crippen molar-refractivity contribution in [3.8, 4) is 0 Å². The highest BCUT2D eigenvalue weighted by Crippen LogP contribution is 2.32. The van der Waals surface area contributed by atoms with Gasteiger partial charge in [0.2, 0.25) is 0 Å². The Morgan fingerprint density at radius 2 is 1.93 bits per heavy atom. The van der Waals surface area contributed by atoms with E-state index in [1.807, 2.05) is 17.9 Å². The Morgan fingerprint density at radius 3 is 2.50 bits per heavy atom. The lowest BCUT2D eigenvalue weighted by Gasteiger charge is -2.34. The molecule has 0 unspecified atom stereocenters. The molecular weight excluding hydrogens is 610 g/mol. The standard InChI is InChI=1S/C23H36I2O5/c1-14-7-6-8-17(13-25)9-10-18(15(2)12-24)30-20(27)11-19(26)23(4,5)22(29)16(3)21(14)28/h9,12,14,16,18-19,21,26,28H,6-8,10-11,13H2,1-5H3/b15-12+,17-9-/t14-,16+,18-,19-,21-/m0/s1. The van der Waals surface area contributed by atoms with Crippen molar-refractivity contribution in [3.63, 3.8) is 0 Å². The van der Waals surface area contributed by atoms with Gasteiger partial charge in [-0.05, 0) is 41.8 Å². The van der Waals surface area contributed by atoms with Crippen molar-refractivity contribution in [1.29, 1.82) is 0 Å². The number of aliphatic hydroxyl groups excluding tert-OH is 2. The number of alkyl halides is 1. The largest absolute Gasteiger partial charge is 0.457 e. The number of ether oxygens (including phenoxy) is 1. The van der Waals surface area contributed by atoms with Crippen molar-refractivity contribution >= 4 is 56.9 Å². The Hall–Kier alpha value is -0.000000000000000222. The molecule has 5 nitrogen and oxygen atoms in total. The fourth-order valence-electron chi connectivity index (χ4n) is 3.73. The molecule has 0 aromatic rings. The minimum absolute atomic E-state index is 0.0258. The second-order valence-corrected chi connectivity index (χ2v) is 10.4. The van der Waals surface area contributed by atoms with E-state index in [4.69, 9.17) is 4.74 Å². The van der Waals surface area contributed by atoms with Crippen LogP contribution in [-0.4, -0.2) is 44.7 Å². The first kappa shape index (κ1) is 28.0. The van der Waals surface area contributed by atoms with Crippen molar-refractivity contribution < 1.29 is 24.5 Å². The molecule has 1 aliphatic rings. The number of hydrogen-bond acceptors (Lipinski definition) is 5. The van der Waals surface area contributed by atoms with Crippen molar-refractivity contribution in [3.05, 3.63) is 21.3 Å². The summed E-state index contributed by atoms with van der Waals surface area (Å²) in [7, 11) is 0. The number of rotatable bonds is 2. The van der Waals surface area contributed by atoms with Crippen molar-refractivity contribution in [2.75, 3.05) is 4.43 Å². The predicted octanol–water partition coefficient (Wildman–Crippen LogP) is 5.15. The van der Waals surface area contributed by atoms with Crippen LogP contribution in [0.2, 0.25) is 0 Å². The zero-order chi connectivity index (χ0) is 23.1. The second-order valence-electron chi connectivity index (χ2n) is 9.02. The summed E-state index contributed by atoms with van der Waals surface area (Å²) in [5.41, 5.74) is 1.08. The van der Waals surface area contributed by atoms with Gasteiger partial charge in [0.25, 0.3) is 0 Å². The molecule has 0 spiro atoms. The van der Waals surface area contributed by atoms with Crippen molar-refractivity contribution in [1.82, 2.24) is 0 Å². The Kier molecular flexibility index (Phi) is 12.0. The molecule has 0 radical (unpaired) electrons. The number of halogens is 2. The smallest absolute Gasteiger partial charge is 0.309 e. The third kappa shape index (κ3) is 7.85. The van der Waals surface area contributed by atoms with E-state index in [0.29, 0.717) is 6.42 Å². The maximum absolute atomic E-state index is 13.1. The summed E-state index contributed by atoms with van der Waals surface area (Å²) in [6.45, 7) is 8.87. The molecule has 0 bridgehead atoms. The number of esters is 1. The quantitative estimate of drug-likeness (QED) is 0.188. The summed E-state index contributed by atoms with van der Waals surface area (Å²) < 4.78 is 8.48. The third-order valence-electron chi connectivity index (χ3n) is 6.24. The molecule has 0 fully saturated rings. The minimum atomic E-state index is -1.18. The number of hydrogen-bond donors (Lipinski definition) is 2. The molecule has 0 saturated heterocycles. The molecule has 1 heterocycles. The molecule has 5 atom stereocenters. The van der Waals surface area contributed by atoms with Crippen LogP contribution in [0.4, 0.5) is 0 Å². The van der Waals surface area contributed by atoms with Crippen LogP contribution in [0.25, 0.3) is 0 Å². The highest BCUT2D eigenvalue weighted by Gasteiger charge is 2.42. The van der Waals surface area contributed by atoms with Crippen LogP contribution in [0, 0.1) is 17.3 Å². The van der Waals surface area contributed by atoms with Crippen LogP contribution >= 0.6 is 45.2 Å². The zero-order valence-corrected chi connectivity index (χ0v) is 23.0. The molecular formula is C23H36I2O5. The van der Waals surface area contributed by atoms with Gasteiger partial charge in [-0.15, -0.1) is 0 Å². The van der Waals surface area contributed by atoms with E-state index < -0.39 is 29.5 Å². The van der Waals surface area contributed by atoms with Gasteiger partial charge in [0.15, 0.2) is 0 Å². The molecule has 0 aromatic carbocycles. The fraction of sp³-hybridized carbons (Fsp3) is 0.739. The summed E-state index contributed by atoms with van der Waals surface area (Å²) in [6, 6.07) is 0. The maximum atomic E-state index is 13.1. The Bertz CT molecular complexity index is 656. The lowest BCUT2D eigenvalue weighted by atomic mass is 9.73. The molecule has 172 valence electrons. The molecule has 30 heavy (non-hydrogen) atoms. The van der Waals surface area contributed by atoms with E-state index in [1.165, 1.54) is 5.57 Å². The first-order valence-electron chi connectivity index (χ1n) is 10.6. The topological polar surface area (TPSA) is 83.8 Å². The van der Waals surface area contributed by atoms with E-state index in [0.717, 1.165) is 29.3 Å².